The van der Waals surface area contributed by atoms with Crippen molar-refractivity contribution in [1.29, 1.82) is 0 Å². The van der Waals surface area contributed by atoms with Gasteiger partial charge in [0, 0.05) is 0 Å². The minimum Gasteiger partial charge on any atom is -0.290 e. The van der Waals surface area contributed by atoms with Crippen LogP contribution in [0.25, 0.3) is 0 Å². The van der Waals surface area contributed by atoms with Crippen molar-refractivity contribution in [2.75, 3.05) is 0 Å². The third-order valence-electron chi connectivity index (χ3n) is 1.35. The zero-order valence-electron chi connectivity index (χ0n) is 4.39. The Labute approximate surface area is 47.9 Å². The minimum atomic E-state index is -0.546. The van der Waals surface area contributed by atoms with Crippen molar-refractivity contribution in [3.8, 4) is 0 Å². The molecular formula is C6H6O2. The lowest BCUT2D eigenvalue weighted by atomic mass is 10.1. The van der Waals surface area contributed by atoms with Gasteiger partial charge in [-0.25, -0.2) is 0 Å². The molecule has 0 amide bonds. The highest BCUT2D eigenvalue weighted by Crippen LogP contribution is 2.34. The van der Waals surface area contributed by atoms with Gasteiger partial charge in [-0.2, -0.15) is 0 Å². The molecule has 0 unspecified atom stereocenters. The molecule has 0 spiro atoms. The van der Waals surface area contributed by atoms with E-state index in [-0.39, 0.29) is 5.92 Å². The first kappa shape index (κ1) is 5.48. The Kier molecular flexibility index (Phi) is 1.42. The van der Waals surface area contributed by atoms with Crippen LogP contribution in [0.5, 0.6) is 0 Å². The molecule has 2 radical (unpaired) electrons. The molecule has 1 saturated carbocycles. The minimum absolute atomic E-state index is 0.282. The Morgan fingerprint density at radius 1 is 1.25 bits per heavy atom. The molecule has 0 aromatic carbocycles. The smallest absolute Gasteiger partial charge is 0.210 e. The number of hydrogen-bond donors (Lipinski definition) is 0. The lowest BCUT2D eigenvalue weighted by Crippen LogP contribution is -2.04. The zero-order chi connectivity index (χ0) is 5.98. The summed E-state index contributed by atoms with van der Waals surface area (Å²) in [4.78, 5) is 19.7. The van der Waals surface area contributed by atoms with E-state index in [1.54, 1.807) is 12.6 Å². The second-order valence-electron chi connectivity index (χ2n) is 2.05. The van der Waals surface area contributed by atoms with Crippen LogP contribution in [0.1, 0.15) is 12.8 Å². The van der Waals surface area contributed by atoms with E-state index in [1.165, 1.54) is 0 Å². The van der Waals surface area contributed by atoms with Crippen LogP contribution in [0, 0.1) is 11.8 Å². The molecule has 8 heavy (non-hydrogen) atoms. The van der Waals surface area contributed by atoms with Crippen molar-refractivity contribution in [3.05, 3.63) is 0 Å². The molecule has 1 aliphatic carbocycles. The molecule has 1 fully saturated rings. The first-order valence-electron chi connectivity index (χ1n) is 2.64. The summed E-state index contributed by atoms with van der Waals surface area (Å²) in [5, 5.41) is 0. The van der Waals surface area contributed by atoms with Crippen molar-refractivity contribution in [2.24, 2.45) is 11.8 Å². The first-order valence-corrected chi connectivity index (χ1v) is 2.64. The van der Waals surface area contributed by atoms with E-state index in [2.05, 4.69) is 0 Å². The predicted octanol–water partition coefficient (Wildman–Crippen LogP) is 0.232. The molecule has 0 saturated heterocycles. The maximum atomic E-state index is 9.83. The number of hydrogen-bond acceptors (Lipinski definition) is 2. The second kappa shape index (κ2) is 2.07. The van der Waals surface area contributed by atoms with Crippen LogP contribution in [-0.4, -0.2) is 12.6 Å². The lowest BCUT2D eigenvalue weighted by molar-refractivity contribution is 0.505. The highest BCUT2D eigenvalue weighted by Gasteiger charge is 2.31. The van der Waals surface area contributed by atoms with Crippen molar-refractivity contribution < 1.29 is 9.59 Å². The summed E-state index contributed by atoms with van der Waals surface area (Å²) in [5.74, 6) is -0.264. The maximum absolute atomic E-state index is 9.83. The van der Waals surface area contributed by atoms with E-state index in [9.17, 15) is 9.59 Å². The molecule has 0 aliphatic heterocycles. The third kappa shape index (κ3) is 0.941. The van der Waals surface area contributed by atoms with Gasteiger partial charge in [-0.15, -0.1) is 0 Å². The van der Waals surface area contributed by atoms with Gasteiger partial charge in [0.2, 0.25) is 12.6 Å². The average Bonchev–Trinajstić information content (AvgIpc) is 2.53. The van der Waals surface area contributed by atoms with Crippen LogP contribution < -0.4 is 0 Å². The highest BCUT2D eigenvalue weighted by atomic mass is 16.1. The Morgan fingerprint density at radius 3 is 1.88 bits per heavy atom. The maximum Gasteiger partial charge on any atom is 0.210 e. The standard InChI is InChI=1S/C6H6O2/c7-3-6(4-8)5-1-2-5/h5-6H,1-2H2. The SMILES string of the molecule is O=[C]C([C]=O)C1CC1. The molecule has 0 aromatic rings. The van der Waals surface area contributed by atoms with Crippen molar-refractivity contribution in [3.63, 3.8) is 0 Å². The van der Waals surface area contributed by atoms with Crippen LogP contribution in [0.15, 0.2) is 0 Å². The molecule has 2 nitrogen and oxygen atoms in total. The van der Waals surface area contributed by atoms with E-state index in [0.717, 1.165) is 12.8 Å². The fraction of sp³-hybridized carbons (Fsp3) is 0.667. The molecule has 0 atom stereocenters. The van der Waals surface area contributed by atoms with Crippen LogP contribution in [0.2, 0.25) is 0 Å². The quantitative estimate of drug-likeness (QED) is 0.487. The molecule has 0 aromatic heterocycles. The topological polar surface area (TPSA) is 34.1 Å². The molecule has 0 bridgehead atoms. The lowest BCUT2D eigenvalue weighted by Gasteiger charge is -1.89. The zero-order valence-corrected chi connectivity index (χ0v) is 4.39. The van der Waals surface area contributed by atoms with E-state index in [0.29, 0.717) is 0 Å². The van der Waals surface area contributed by atoms with Gasteiger partial charge < -0.3 is 0 Å². The summed E-state index contributed by atoms with van der Waals surface area (Å²) in [6, 6.07) is 0. The van der Waals surface area contributed by atoms with Crippen LogP contribution in [0.4, 0.5) is 0 Å². The van der Waals surface area contributed by atoms with E-state index in [4.69, 9.17) is 0 Å². The van der Waals surface area contributed by atoms with Crippen LogP contribution in [0.3, 0.4) is 0 Å². The average molecular weight is 110 g/mol. The fourth-order valence-corrected chi connectivity index (χ4v) is 0.646. The van der Waals surface area contributed by atoms with Gasteiger partial charge in [0.1, 0.15) is 0 Å². The number of rotatable bonds is 3. The van der Waals surface area contributed by atoms with Crippen LogP contribution in [-0.2, 0) is 9.59 Å². The molecule has 0 heterocycles. The molecule has 1 aliphatic rings. The normalized spacial score (nSPS) is 18.6. The molecule has 0 N–H and O–H groups in total. The summed E-state index contributed by atoms with van der Waals surface area (Å²) in [6.45, 7) is 0. The summed E-state index contributed by atoms with van der Waals surface area (Å²) >= 11 is 0. The Morgan fingerprint density at radius 2 is 1.75 bits per heavy atom. The molecule has 1 rings (SSSR count). The molecule has 2 heteroatoms. The Balaban J connectivity index is 2.36. The monoisotopic (exact) mass is 110 g/mol. The van der Waals surface area contributed by atoms with E-state index in [1.807, 2.05) is 0 Å². The van der Waals surface area contributed by atoms with Gasteiger partial charge in [0.15, 0.2) is 0 Å². The van der Waals surface area contributed by atoms with Gasteiger partial charge in [-0.1, -0.05) is 0 Å². The predicted molar refractivity (Wildman–Crippen MR) is 27.6 cm³/mol. The fourth-order valence-electron chi connectivity index (χ4n) is 0.646. The third-order valence-corrected chi connectivity index (χ3v) is 1.35. The summed E-state index contributed by atoms with van der Waals surface area (Å²) in [5.41, 5.74) is 0. The number of carbonyl (C=O) groups excluding carboxylic acids is 2. The van der Waals surface area contributed by atoms with Gasteiger partial charge >= 0.3 is 0 Å². The second-order valence-corrected chi connectivity index (χ2v) is 2.05. The van der Waals surface area contributed by atoms with Gasteiger partial charge in [0.25, 0.3) is 0 Å². The van der Waals surface area contributed by atoms with Gasteiger partial charge in [0.05, 0.1) is 5.92 Å². The van der Waals surface area contributed by atoms with Crippen LogP contribution >= 0.6 is 0 Å². The highest BCUT2D eigenvalue weighted by molar-refractivity contribution is 5.79. The Hall–Kier alpha value is -0.660. The largest absolute Gasteiger partial charge is 0.290 e. The van der Waals surface area contributed by atoms with E-state index >= 15 is 0 Å². The van der Waals surface area contributed by atoms with E-state index < -0.39 is 5.92 Å². The molecule has 42 valence electrons. The van der Waals surface area contributed by atoms with Gasteiger partial charge in [-0.3, -0.25) is 9.59 Å². The van der Waals surface area contributed by atoms with Crippen molar-refractivity contribution >= 4 is 12.6 Å². The van der Waals surface area contributed by atoms with Crippen molar-refractivity contribution in [2.45, 2.75) is 12.8 Å². The first-order chi connectivity index (χ1) is 3.88. The summed E-state index contributed by atoms with van der Waals surface area (Å²) in [6.07, 6.45) is 5.27. The Bertz CT molecular complexity index is 97.1. The summed E-state index contributed by atoms with van der Waals surface area (Å²) < 4.78 is 0. The van der Waals surface area contributed by atoms with Crippen molar-refractivity contribution in [1.82, 2.24) is 0 Å². The summed E-state index contributed by atoms with van der Waals surface area (Å²) in [7, 11) is 0. The molecular weight excluding hydrogens is 104 g/mol. The van der Waals surface area contributed by atoms with Gasteiger partial charge in [-0.05, 0) is 18.8 Å².